The van der Waals surface area contributed by atoms with Crippen molar-refractivity contribution in [3.05, 3.63) is 71.7 Å². The van der Waals surface area contributed by atoms with E-state index in [1.54, 1.807) is 6.07 Å². The van der Waals surface area contributed by atoms with Gasteiger partial charge in [-0.25, -0.2) is 9.37 Å². The summed E-state index contributed by atoms with van der Waals surface area (Å²) in [6.45, 7) is 7.22. The number of benzene rings is 2. The van der Waals surface area contributed by atoms with Crippen molar-refractivity contribution in [3.8, 4) is 11.4 Å². The SMILES string of the molecule is CCc1c(C)nc2nc(-c3ccccc3)nn2c1N1CCN(c2ccccc2F)CC1. The number of fused-ring (bicyclic) bond motifs is 1. The predicted molar refractivity (Wildman–Crippen MR) is 121 cm³/mol. The first-order valence-electron chi connectivity index (χ1n) is 10.7. The van der Waals surface area contributed by atoms with Crippen molar-refractivity contribution in [2.45, 2.75) is 20.3 Å². The van der Waals surface area contributed by atoms with E-state index >= 15 is 0 Å². The highest BCUT2D eigenvalue weighted by Gasteiger charge is 2.25. The normalized spacial score (nSPS) is 14.4. The van der Waals surface area contributed by atoms with Crippen LogP contribution in [0.25, 0.3) is 17.2 Å². The van der Waals surface area contributed by atoms with Crippen LogP contribution in [0.3, 0.4) is 0 Å². The lowest BCUT2D eigenvalue weighted by Crippen LogP contribution is -2.47. The van der Waals surface area contributed by atoms with Crippen LogP contribution in [0.5, 0.6) is 0 Å². The minimum atomic E-state index is -0.170. The molecule has 0 saturated carbocycles. The smallest absolute Gasteiger partial charge is 0.254 e. The van der Waals surface area contributed by atoms with Gasteiger partial charge in [0.05, 0.1) is 5.69 Å². The van der Waals surface area contributed by atoms with Crippen LogP contribution in [0.1, 0.15) is 18.2 Å². The molecule has 0 aliphatic carbocycles. The Morgan fingerprint density at radius 1 is 0.871 bits per heavy atom. The van der Waals surface area contributed by atoms with Gasteiger partial charge in [-0.2, -0.15) is 9.50 Å². The molecular formula is C24H25FN6. The van der Waals surface area contributed by atoms with Crippen LogP contribution in [0.2, 0.25) is 0 Å². The third-order valence-electron chi connectivity index (χ3n) is 5.92. The van der Waals surface area contributed by atoms with Crippen LogP contribution in [-0.2, 0) is 6.42 Å². The molecule has 0 amide bonds. The molecule has 0 bridgehead atoms. The number of aryl methyl sites for hydroxylation is 1. The van der Waals surface area contributed by atoms with Crippen molar-refractivity contribution in [1.82, 2.24) is 19.6 Å². The van der Waals surface area contributed by atoms with E-state index in [0.29, 0.717) is 17.3 Å². The fourth-order valence-corrected chi connectivity index (χ4v) is 4.34. The Labute approximate surface area is 181 Å². The van der Waals surface area contributed by atoms with Gasteiger partial charge in [0, 0.05) is 43.0 Å². The third kappa shape index (κ3) is 3.50. The number of nitrogens with zero attached hydrogens (tertiary/aromatic N) is 6. The van der Waals surface area contributed by atoms with E-state index in [9.17, 15) is 4.39 Å². The van der Waals surface area contributed by atoms with Gasteiger partial charge < -0.3 is 9.80 Å². The molecule has 7 heteroatoms. The van der Waals surface area contributed by atoms with E-state index in [4.69, 9.17) is 15.1 Å². The minimum Gasteiger partial charge on any atom is -0.366 e. The van der Waals surface area contributed by atoms with E-state index in [2.05, 4.69) is 16.7 Å². The van der Waals surface area contributed by atoms with Crippen molar-refractivity contribution in [2.75, 3.05) is 36.0 Å². The highest BCUT2D eigenvalue weighted by molar-refractivity contribution is 5.61. The number of para-hydroxylation sites is 1. The van der Waals surface area contributed by atoms with Crippen LogP contribution < -0.4 is 9.80 Å². The zero-order valence-corrected chi connectivity index (χ0v) is 17.8. The molecule has 1 saturated heterocycles. The standard InChI is InChI=1S/C24H25FN6/c1-3-19-17(2)26-24-27-22(18-9-5-4-6-10-18)28-31(24)23(19)30-15-13-29(14-16-30)21-12-8-7-11-20(21)25/h4-12H,3,13-16H2,1-2H3. The maximum Gasteiger partial charge on any atom is 0.254 e. The maximum atomic E-state index is 14.3. The van der Waals surface area contributed by atoms with E-state index in [0.717, 1.165) is 49.7 Å². The molecule has 1 aliphatic rings. The minimum absolute atomic E-state index is 0.170. The molecule has 31 heavy (non-hydrogen) atoms. The van der Waals surface area contributed by atoms with Crippen molar-refractivity contribution < 1.29 is 4.39 Å². The number of halogens is 1. The molecule has 0 radical (unpaired) electrons. The average Bonchev–Trinajstić information content (AvgIpc) is 3.23. The summed E-state index contributed by atoms with van der Waals surface area (Å²) in [6, 6.07) is 17.0. The van der Waals surface area contributed by atoms with Crippen LogP contribution in [-0.4, -0.2) is 45.8 Å². The highest BCUT2D eigenvalue weighted by Crippen LogP contribution is 2.28. The third-order valence-corrected chi connectivity index (χ3v) is 5.92. The molecule has 4 aromatic rings. The second-order valence-corrected chi connectivity index (χ2v) is 7.79. The summed E-state index contributed by atoms with van der Waals surface area (Å²) in [4.78, 5) is 13.9. The fraction of sp³-hybridized carbons (Fsp3) is 0.292. The molecule has 0 unspecified atom stereocenters. The number of anilines is 2. The van der Waals surface area contributed by atoms with Crippen molar-refractivity contribution >= 4 is 17.3 Å². The molecule has 2 aromatic heterocycles. The Morgan fingerprint density at radius 2 is 1.55 bits per heavy atom. The molecule has 1 aliphatic heterocycles. The zero-order valence-electron chi connectivity index (χ0n) is 17.8. The molecule has 0 N–H and O–H groups in total. The highest BCUT2D eigenvalue weighted by atomic mass is 19.1. The Bertz CT molecular complexity index is 1210. The maximum absolute atomic E-state index is 14.3. The largest absolute Gasteiger partial charge is 0.366 e. The molecule has 158 valence electrons. The summed E-state index contributed by atoms with van der Waals surface area (Å²) in [5, 5.41) is 4.83. The zero-order chi connectivity index (χ0) is 21.4. The summed E-state index contributed by atoms with van der Waals surface area (Å²) in [6.07, 6.45) is 0.859. The van der Waals surface area contributed by atoms with Crippen molar-refractivity contribution in [2.24, 2.45) is 0 Å². The van der Waals surface area contributed by atoms with Gasteiger partial charge in [-0.15, -0.1) is 5.10 Å². The van der Waals surface area contributed by atoms with Crippen molar-refractivity contribution in [3.63, 3.8) is 0 Å². The molecule has 5 rings (SSSR count). The summed E-state index contributed by atoms with van der Waals surface area (Å²) in [7, 11) is 0. The van der Waals surface area contributed by atoms with E-state index < -0.39 is 0 Å². The molecule has 2 aromatic carbocycles. The Hall–Kier alpha value is -3.48. The van der Waals surface area contributed by atoms with Gasteiger partial charge >= 0.3 is 0 Å². The van der Waals surface area contributed by atoms with Gasteiger partial charge in [-0.1, -0.05) is 49.4 Å². The number of piperazine rings is 1. The van der Waals surface area contributed by atoms with E-state index in [1.807, 2.05) is 53.9 Å². The summed E-state index contributed by atoms with van der Waals surface area (Å²) < 4.78 is 16.1. The van der Waals surface area contributed by atoms with Crippen molar-refractivity contribution in [1.29, 1.82) is 0 Å². The topological polar surface area (TPSA) is 49.6 Å². The fourth-order valence-electron chi connectivity index (χ4n) is 4.34. The quantitative estimate of drug-likeness (QED) is 0.501. The van der Waals surface area contributed by atoms with Gasteiger partial charge in [0.2, 0.25) is 0 Å². The second-order valence-electron chi connectivity index (χ2n) is 7.79. The lowest BCUT2D eigenvalue weighted by molar-refractivity contribution is 0.592. The van der Waals surface area contributed by atoms with E-state index in [1.165, 1.54) is 11.6 Å². The first kappa shape index (κ1) is 19.5. The number of aromatic nitrogens is 4. The van der Waals surface area contributed by atoms with Gasteiger partial charge in [0.25, 0.3) is 5.78 Å². The summed E-state index contributed by atoms with van der Waals surface area (Å²) >= 11 is 0. The lowest BCUT2D eigenvalue weighted by Gasteiger charge is -2.38. The number of rotatable bonds is 4. The Kier molecular flexibility index (Phi) is 5.02. The van der Waals surface area contributed by atoms with Gasteiger partial charge in [-0.05, 0) is 25.5 Å². The predicted octanol–water partition coefficient (Wildman–Crippen LogP) is 4.13. The average molecular weight is 417 g/mol. The molecular weight excluding hydrogens is 391 g/mol. The second kappa shape index (κ2) is 7.98. The lowest BCUT2D eigenvalue weighted by atomic mass is 10.1. The van der Waals surface area contributed by atoms with Crippen LogP contribution >= 0.6 is 0 Å². The molecule has 3 heterocycles. The first-order valence-corrected chi connectivity index (χ1v) is 10.7. The van der Waals surface area contributed by atoms with Crippen LogP contribution in [0, 0.1) is 12.7 Å². The molecule has 0 atom stereocenters. The van der Waals surface area contributed by atoms with Crippen LogP contribution in [0.4, 0.5) is 15.9 Å². The van der Waals surface area contributed by atoms with Gasteiger partial charge in [0.15, 0.2) is 5.82 Å². The molecule has 1 fully saturated rings. The molecule has 0 spiro atoms. The summed E-state index contributed by atoms with van der Waals surface area (Å²) in [5.41, 5.74) is 3.80. The first-order chi connectivity index (χ1) is 15.2. The number of hydrogen-bond donors (Lipinski definition) is 0. The Balaban J connectivity index is 1.51. The van der Waals surface area contributed by atoms with Gasteiger partial charge in [0.1, 0.15) is 11.6 Å². The monoisotopic (exact) mass is 416 g/mol. The summed E-state index contributed by atoms with van der Waals surface area (Å²) in [5.74, 6) is 2.16. The number of hydrogen-bond acceptors (Lipinski definition) is 5. The van der Waals surface area contributed by atoms with Crippen LogP contribution in [0.15, 0.2) is 54.6 Å². The Morgan fingerprint density at radius 3 is 2.26 bits per heavy atom. The van der Waals surface area contributed by atoms with Gasteiger partial charge in [-0.3, -0.25) is 0 Å². The van der Waals surface area contributed by atoms with E-state index in [-0.39, 0.29) is 5.82 Å². The molecule has 6 nitrogen and oxygen atoms in total.